The van der Waals surface area contributed by atoms with E-state index in [1.165, 1.54) is 0 Å². The van der Waals surface area contributed by atoms with Gasteiger partial charge in [0.25, 0.3) is 5.91 Å². The summed E-state index contributed by atoms with van der Waals surface area (Å²) in [5, 5.41) is 6.99. The quantitative estimate of drug-likeness (QED) is 0.897. The van der Waals surface area contributed by atoms with E-state index in [9.17, 15) is 4.79 Å². The third-order valence-corrected chi connectivity index (χ3v) is 3.31. The van der Waals surface area contributed by atoms with Crippen molar-refractivity contribution in [3.63, 3.8) is 0 Å². The van der Waals surface area contributed by atoms with E-state index in [4.69, 9.17) is 23.2 Å². The summed E-state index contributed by atoms with van der Waals surface area (Å²) in [4.78, 5) is 12.2. The molecule has 0 spiro atoms. The molecule has 0 aliphatic rings. The van der Waals surface area contributed by atoms with E-state index in [0.717, 1.165) is 11.3 Å². The monoisotopic (exact) mass is 308 g/mol. The Hall–Kier alpha value is -1.71. The molecule has 0 aromatic heterocycles. The van der Waals surface area contributed by atoms with Crippen LogP contribution in [0.4, 0.5) is 5.69 Å². The molecule has 2 rings (SSSR count). The van der Waals surface area contributed by atoms with Crippen LogP contribution in [0.15, 0.2) is 42.5 Å². The van der Waals surface area contributed by atoms with Crippen molar-refractivity contribution in [2.24, 2.45) is 0 Å². The third-order valence-electron chi connectivity index (χ3n) is 2.84. The van der Waals surface area contributed by atoms with Crippen molar-refractivity contribution >= 4 is 34.8 Å². The second kappa shape index (κ2) is 6.64. The van der Waals surface area contributed by atoms with Crippen molar-refractivity contribution in [2.45, 2.75) is 6.54 Å². The lowest BCUT2D eigenvalue weighted by Gasteiger charge is -2.10. The Morgan fingerprint density at radius 3 is 2.55 bits per heavy atom. The van der Waals surface area contributed by atoms with Gasteiger partial charge < -0.3 is 10.6 Å². The maximum absolute atomic E-state index is 12.2. The first-order chi connectivity index (χ1) is 9.60. The molecule has 0 atom stereocenters. The lowest BCUT2D eigenvalue weighted by Crippen LogP contribution is -2.23. The number of benzene rings is 2. The molecule has 0 aliphatic heterocycles. The van der Waals surface area contributed by atoms with Crippen LogP contribution in [0, 0.1) is 0 Å². The van der Waals surface area contributed by atoms with E-state index < -0.39 is 0 Å². The molecule has 1 amide bonds. The van der Waals surface area contributed by atoms with Crippen molar-refractivity contribution in [2.75, 3.05) is 12.4 Å². The Balaban J connectivity index is 2.10. The molecule has 20 heavy (non-hydrogen) atoms. The fourth-order valence-electron chi connectivity index (χ4n) is 1.85. The molecule has 2 N–H and O–H groups in total. The lowest BCUT2D eigenvalue weighted by atomic mass is 10.1. The highest BCUT2D eigenvalue weighted by Gasteiger charge is 2.11. The van der Waals surface area contributed by atoms with Crippen LogP contribution in [0.1, 0.15) is 15.9 Å². The summed E-state index contributed by atoms with van der Waals surface area (Å²) >= 11 is 11.8. The molecule has 3 nitrogen and oxygen atoms in total. The van der Waals surface area contributed by atoms with Gasteiger partial charge in [-0.05, 0) is 35.9 Å². The Labute approximate surface area is 127 Å². The number of hydrogen-bond donors (Lipinski definition) is 2. The van der Waals surface area contributed by atoms with Crippen molar-refractivity contribution in [1.29, 1.82) is 0 Å². The highest BCUT2D eigenvalue weighted by atomic mass is 35.5. The van der Waals surface area contributed by atoms with Gasteiger partial charge in [-0.1, -0.05) is 35.3 Å². The molecule has 0 unspecified atom stereocenters. The summed E-state index contributed by atoms with van der Waals surface area (Å²) in [6, 6.07) is 12.5. The third kappa shape index (κ3) is 3.65. The zero-order valence-corrected chi connectivity index (χ0v) is 12.4. The van der Waals surface area contributed by atoms with E-state index in [2.05, 4.69) is 10.6 Å². The first kappa shape index (κ1) is 14.7. The van der Waals surface area contributed by atoms with Crippen LogP contribution in [-0.4, -0.2) is 13.0 Å². The van der Waals surface area contributed by atoms with Crippen molar-refractivity contribution in [3.8, 4) is 0 Å². The Morgan fingerprint density at radius 1 is 1.10 bits per heavy atom. The van der Waals surface area contributed by atoms with Gasteiger partial charge in [0.2, 0.25) is 0 Å². The SMILES string of the molecule is CNc1ccc(Cl)cc1C(=O)NCc1cccc(Cl)c1. The fraction of sp³-hybridized carbons (Fsp3) is 0.133. The first-order valence-corrected chi connectivity index (χ1v) is 6.85. The van der Waals surface area contributed by atoms with Crippen molar-refractivity contribution < 1.29 is 4.79 Å². The average Bonchev–Trinajstić information content (AvgIpc) is 2.45. The molecule has 0 heterocycles. The molecular formula is C15H14Cl2N2O. The van der Waals surface area contributed by atoms with Crippen molar-refractivity contribution in [3.05, 3.63) is 63.6 Å². The minimum atomic E-state index is -0.183. The summed E-state index contributed by atoms with van der Waals surface area (Å²) in [6.07, 6.45) is 0. The van der Waals surface area contributed by atoms with Crippen LogP contribution >= 0.6 is 23.2 Å². The van der Waals surface area contributed by atoms with Crippen LogP contribution in [-0.2, 0) is 6.54 Å². The van der Waals surface area contributed by atoms with Crippen LogP contribution in [0.5, 0.6) is 0 Å². The number of carbonyl (C=O) groups is 1. The van der Waals surface area contributed by atoms with E-state index in [-0.39, 0.29) is 5.91 Å². The number of nitrogens with one attached hydrogen (secondary N) is 2. The van der Waals surface area contributed by atoms with E-state index in [1.54, 1.807) is 31.3 Å². The van der Waals surface area contributed by atoms with E-state index in [0.29, 0.717) is 22.2 Å². The molecule has 104 valence electrons. The molecule has 5 heteroatoms. The highest BCUT2D eigenvalue weighted by Crippen LogP contribution is 2.20. The van der Waals surface area contributed by atoms with Gasteiger partial charge in [0.1, 0.15) is 0 Å². The predicted molar refractivity (Wildman–Crippen MR) is 83.6 cm³/mol. The molecule has 0 bridgehead atoms. The Morgan fingerprint density at radius 2 is 1.85 bits per heavy atom. The van der Waals surface area contributed by atoms with Crippen LogP contribution in [0.2, 0.25) is 10.0 Å². The number of carbonyl (C=O) groups excluding carboxylic acids is 1. The molecular weight excluding hydrogens is 295 g/mol. The van der Waals surface area contributed by atoms with Crippen LogP contribution in [0.3, 0.4) is 0 Å². The molecule has 0 fully saturated rings. The van der Waals surface area contributed by atoms with E-state index in [1.807, 2.05) is 18.2 Å². The van der Waals surface area contributed by atoms with Crippen LogP contribution in [0.25, 0.3) is 0 Å². The number of amides is 1. The average molecular weight is 309 g/mol. The second-order valence-electron chi connectivity index (χ2n) is 4.25. The maximum Gasteiger partial charge on any atom is 0.253 e. The molecule has 0 saturated heterocycles. The Kier molecular flexibility index (Phi) is 4.88. The second-order valence-corrected chi connectivity index (χ2v) is 5.13. The number of rotatable bonds is 4. The van der Waals surface area contributed by atoms with Gasteiger partial charge in [-0.2, -0.15) is 0 Å². The summed E-state index contributed by atoms with van der Waals surface area (Å²) in [5.74, 6) is -0.183. The van der Waals surface area contributed by atoms with Gasteiger partial charge in [0, 0.05) is 29.3 Å². The van der Waals surface area contributed by atoms with Gasteiger partial charge in [-0.25, -0.2) is 0 Å². The van der Waals surface area contributed by atoms with Gasteiger partial charge >= 0.3 is 0 Å². The highest BCUT2D eigenvalue weighted by molar-refractivity contribution is 6.31. The summed E-state index contributed by atoms with van der Waals surface area (Å²) in [7, 11) is 1.76. The van der Waals surface area contributed by atoms with E-state index >= 15 is 0 Å². The summed E-state index contributed by atoms with van der Waals surface area (Å²) in [5.41, 5.74) is 2.19. The topological polar surface area (TPSA) is 41.1 Å². The minimum Gasteiger partial charge on any atom is -0.387 e. The summed E-state index contributed by atoms with van der Waals surface area (Å²) < 4.78 is 0. The largest absolute Gasteiger partial charge is 0.387 e. The molecule has 0 radical (unpaired) electrons. The minimum absolute atomic E-state index is 0.183. The summed E-state index contributed by atoms with van der Waals surface area (Å²) in [6.45, 7) is 0.412. The van der Waals surface area contributed by atoms with Gasteiger partial charge in [0.05, 0.1) is 5.56 Å². The zero-order valence-electron chi connectivity index (χ0n) is 10.9. The number of hydrogen-bond acceptors (Lipinski definition) is 2. The molecule has 0 aliphatic carbocycles. The first-order valence-electron chi connectivity index (χ1n) is 6.10. The van der Waals surface area contributed by atoms with Gasteiger partial charge in [-0.15, -0.1) is 0 Å². The normalized spacial score (nSPS) is 10.2. The van der Waals surface area contributed by atoms with Gasteiger partial charge in [0.15, 0.2) is 0 Å². The molecule has 2 aromatic rings. The molecule has 2 aromatic carbocycles. The van der Waals surface area contributed by atoms with Crippen molar-refractivity contribution in [1.82, 2.24) is 5.32 Å². The standard InChI is InChI=1S/C15H14Cl2N2O/c1-18-14-6-5-12(17)8-13(14)15(20)19-9-10-3-2-4-11(16)7-10/h2-8,18H,9H2,1H3,(H,19,20). The number of halogens is 2. The lowest BCUT2D eigenvalue weighted by molar-refractivity contribution is 0.0951. The maximum atomic E-state index is 12.2. The Bertz CT molecular complexity index is 629. The van der Waals surface area contributed by atoms with Crippen LogP contribution < -0.4 is 10.6 Å². The number of anilines is 1. The molecule has 0 saturated carbocycles. The zero-order chi connectivity index (χ0) is 14.5. The predicted octanol–water partition coefficient (Wildman–Crippen LogP) is 3.97. The van der Waals surface area contributed by atoms with Gasteiger partial charge in [-0.3, -0.25) is 4.79 Å². The fourth-order valence-corrected chi connectivity index (χ4v) is 2.23. The smallest absolute Gasteiger partial charge is 0.253 e.